The van der Waals surface area contributed by atoms with Gasteiger partial charge in [0.25, 0.3) is 29.5 Å². The zero-order chi connectivity index (χ0) is 101. The molecule has 37 heteroatoms. The van der Waals surface area contributed by atoms with Crippen molar-refractivity contribution in [3.63, 3.8) is 0 Å². The highest BCUT2D eigenvalue weighted by Crippen LogP contribution is 2.46. The number of piperazine rings is 1. The fourth-order valence-electron chi connectivity index (χ4n) is 20.3. The number of carbonyl (C=O) groups is 7. The van der Waals surface area contributed by atoms with Crippen LogP contribution >= 0.6 is 113 Å². The third kappa shape index (κ3) is 25.5. The Balaban J connectivity index is 0.000000116. The molecule has 8 aliphatic heterocycles. The molecule has 0 bridgehead atoms. The summed E-state index contributed by atoms with van der Waals surface area (Å²) in [6.45, 7) is 25.4. The second-order valence-electron chi connectivity index (χ2n) is 38.6. The Hall–Kier alpha value is -11.8. The molecule has 18 heterocycles. The van der Waals surface area contributed by atoms with E-state index in [1.165, 1.54) is 121 Å². The summed E-state index contributed by atoms with van der Waals surface area (Å²) in [5.74, 6) is -0.766. The second-order valence-corrected chi connectivity index (χ2v) is 47.7. The van der Waals surface area contributed by atoms with Crippen molar-refractivity contribution in [2.24, 2.45) is 16.2 Å². The monoisotopic (exact) mass is 2150 g/mol. The number of para-hydroxylation sites is 8. The molecule has 8 saturated heterocycles. The van der Waals surface area contributed by atoms with Crippen LogP contribution in [-0.4, -0.2) is 195 Å². The molecule has 3 spiro atoms. The molecule has 23 rings (SSSR count). The standard InChI is InChI=1S/C24H28N4O2S2.C23H26N4OS2.C22H24N4OS2.C21H22N4OS2.C20H20N4O2S2/c1-16(2)27-24(17(3)29)10-12-28(13-11-24)20-8-5-4-7-18(20)25-22(30)19-15-32-23(26-19)21-9-6-14-31-21;28-21(18-15-30-22(26-18)20-7-3-14-29-20)25-17-5-1-2-6-19(17)27-12-9-23(10-13-27)8-4-11-24-16-23;27-20(17-14-29-21(25-17)19-6-3-13-28-19)24-16-4-1-2-5-18(16)26-11-8-22(9-12-26)7-10-23-15-22;26-19(16-12-28-20(24-16)18-6-3-11-27-18)23-15-4-1-2-5-17(15)25-9-7-21(8-10-25)13-22-14-21;1-13(25)14-4-5-17(24-8-6-21-7-9-24)15(11-14)22-19(26)16-12-28-20(23-16)18-3-2-10-27-18/h4-9,14-16,27H,10-13H2,1-3H3,(H,25,30);1-3,5-7,14-15,24H,4,8-13,16H2,(H,25,28);1-6,13-14,23H,7-12,15H2,(H,24,27);1-6,11-12,22H,7-10,13-14H2,(H,23,26);2-5,10-12,21H,6-9H2,1H3,(H,22,26). The minimum Gasteiger partial charge on any atom is -0.370 e. The molecule has 5 aromatic carbocycles. The SMILES string of the molecule is CC(=O)C1(NC(C)C)CCN(c2ccccc2NC(=O)c2csc(-c3cccs3)n2)CC1.CC(=O)c1ccc(N2CCNCC2)c(NC(=O)c2csc(-c3cccs3)n2)c1.O=C(Nc1ccccc1N1CCC2(CC1)CNC2)c1csc(-c2cccs2)n1.O=C(Nc1ccccc1N1CCC2(CCCNC2)CC1)c1csc(-c2cccs2)n1.O=C(Nc1ccccc1N1CCC2(CCNC2)CC1)c1csc(-c2cccs2)n1. The van der Waals surface area contributed by atoms with Crippen LogP contribution < -0.4 is 77.7 Å². The van der Waals surface area contributed by atoms with Crippen LogP contribution in [0.15, 0.2) is 230 Å². The fourth-order valence-corrected chi connectivity index (χ4v) is 28.4. The molecule has 10 aromatic heterocycles. The van der Waals surface area contributed by atoms with E-state index in [1.54, 1.807) is 80.4 Å². The number of nitrogens with zero attached hydrogens (tertiary/aromatic N) is 10. The van der Waals surface area contributed by atoms with E-state index in [0.717, 1.165) is 231 Å². The van der Waals surface area contributed by atoms with Crippen LogP contribution in [0.4, 0.5) is 56.9 Å². The summed E-state index contributed by atoms with van der Waals surface area (Å²) in [4.78, 5) is 128. The normalized spacial score (nSPS) is 16.9. The van der Waals surface area contributed by atoms with Crippen molar-refractivity contribution in [1.82, 2.24) is 51.5 Å². The molecular formula is C110H120N20O7S10. The van der Waals surface area contributed by atoms with Gasteiger partial charge in [0, 0.05) is 143 Å². The Bertz CT molecular complexity index is 6930. The lowest BCUT2D eigenvalue weighted by Gasteiger charge is -2.49. The highest BCUT2D eigenvalue weighted by atomic mass is 32.1. The first-order chi connectivity index (χ1) is 71.7. The van der Waals surface area contributed by atoms with E-state index < -0.39 is 5.54 Å². The molecule has 27 nitrogen and oxygen atoms in total. The van der Waals surface area contributed by atoms with Gasteiger partial charge in [-0.05, 0) is 252 Å². The van der Waals surface area contributed by atoms with Gasteiger partial charge in [-0.1, -0.05) is 78.9 Å². The lowest BCUT2D eigenvalue weighted by atomic mass is 9.73. The molecule has 5 amide bonds. The largest absolute Gasteiger partial charge is 0.370 e. The smallest absolute Gasteiger partial charge is 0.275 e. The molecule has 0 aliphatic carbocycles. The van der Waals surface area contributed by atoms with Crippen LogP contribution in [0.5, 0.6) is 0 Å². The number of Topliss-reactive ketones (excluding diaryl/α,β-unsaturated/α-hetero) is 2. The van der Waals surface area contributed by atoms with E-state index >= 15 is 0 Å². The zero-order valence-corrected chi connectivity index (χ0v) is 90.7. The minimum atomic E-state index is -0.471. The summed E-state index contributed by atoms with van der Waals surface area (Å²) in [6, 6.07) is 57.9. The summed E-state index contributed by atoms with van der Waals surface area (Å²) in [5.41, 5.74) is 13.0. The van der Waals surface area contributed by atoms with Crippen molar-refractivity contribution >= 4 is 211 Å². The van der Waals surface area contributed by atoms with Gasteiger partial charge in [0.05, 0.1) is 86.8 Å². The van der Waals surface area contributed by atoms with Gasteiger partial charge in [-0.3, -0.25) is 33.6 Å². The predicted molar refractivity (Wildman–Crippen MR) is 611 cm³/mol. The van der Waals surface area contributed by atoms with E-state index in [-0.39, 0.29) is 47.1 Å². The average molecular weight is 2150 g/mol. The average Bonchev–Trinajstić information content (AvgIpc) is 1.76. The maximum atomic E-state index is 12.9. The van der Waals surface area contributed by atoms with Gasteiger partial charge >= 0.3 is 0 Å². The summed E-state index contributed by atoms with van der Waals surface area (Å²) >= 11 is 15.6. The summed E-state index contributed by atoms with van der Waals surface area (Å²) in [5, 5.41) is 56.2. The highest BCUT2D eigenvalue weighted by molar-refractivity contribution is 7.22. The number of amides is 5. The molecule has 8 fully saturated rings. The van der Waals surface area contributed by atoms with Gasteiger partial charge in [0.2, 0.25) is 0 Å². The van der Waals surface area contributed by atoms with Gasteiger partial charge in [0.1, 0.15) is 59.3 Å². The zero-order valence-electron chi connectivity index (χ0n) is 82.5. The Kier molecular flexibility index (Phi) is 34.1. The minimum absolute atomic E-state index is 0.0315. The summed E-state index contributed by atoms with van der Waals surface area (Å²) in [6.07, 6.45) is 12.6. The van der Waals surface area contributed by atoms with Crippen LogP contribution in [0.1, 0.15) is 161 Å². The van der Waals surface area contributed by atoms with Crippen molar-refractivity contribution < 1.29 is 33.6 Å². The van der Waals surface area contributed by atoms with Gasteiger partial charge in [-0.2, -0.15) is 0 Å². The van der Waals surface area contributed by atoms with Gasteiger partial charge < -0.3 is 77.7 Å². The van der Waals surface area contributed by atoms with Gasteiger partial charge in [-0.15, -0.1) is 113 Å². The fraction of sp³-hybridized carbons (Fsp3) is 0.345. The van der Waals surface area contributed by atoms with E-state index in [2.05, 4.69) is 141 Å². The van der Waals surface area contributed by atoms with Crippen LogP contribution in [0.25, 0.3) is 49.4 Å². The van der Waals surface area contributed by atoms with Crippen molar-refractivity contribution in [2.45, 2.75) is 110 Å². The predicted octanol–water partition coefficient (Wildman–Crippen LogP) is 22.9. The molecule has 0 radical (unpaired) electrons. The molecule has 15 aromatic rings. The van der Waals surface area contributed by atoms with E-state index in [4.69, 9.17) is 0 Å². The van der Waals surface area contributed by atoms with E-state index in [1.807, 2.05) is 189 Å². The number of aromatic nitrogens is 5. The van der Waals surface area contributed by atoms with Crippen molar-refractivity contribution in [2.75, 3.05) is 169 Å². The van der Waals surface area contributed by atoms with Crippen LogP contribution in [-0.2, 0) is 4.79 Å². The first kappa shape index (κ1) is 104. The Morgan fingerprint density at radius 2 is 0.599 bits per heavy atom. The molecular weight excluding hydrogens is 2030 g/mol. The number of benzene rings is 5. The molecule has 0 atom stereocenters. The van der Waals surface area contributed by atoms with Crippen LogP contribution in [0.3, 0.4) is 0 Å². The number of rotatable bonds is 24. The molecule has 0 saturated carbocycles. The summed E-state index contributed by atoms with van der Waals surface area (Å²) < 4.78 is 0. The van der Waals surface area contributed by atoms with E-state index in [9.17, 15) is 33.6 Å². The number of ketones is 2. The topological polar surface area (TPSA) is 320 Å². The first-order valence-corrected chi connectivity index (χ1v) is 58.9. The first-order valence-electron chi connectivity index (χ1n) is 50.1. The maximum absolute atomic E-state index is 12.9. The number of piperidine rings is 5. The third-order valence-electron chi connectivity index (χ3n) is 28.6. The molecule has 147 heavy (non-hydrogen) atoms. The lowest BCUT2D eigenvalue weighted by molar-refractivity contribution is -0.124. The Morgan fingerprint density at radius 3 is 0.884 bits per heavy atom. The van der Waals surface area contributed by atoms with Crippen LogP contribution in [0, 0.1) is 16.2 Å². The van der Waals surface area contributed by atoms with Crippen molar-refractivity contribution in [3.05, 3.63) is 264 Å². The molecule has 0 unspecified atom stereocenters. The Labute approximate surface area is 897 Å². The summed E-state index contributed by atoms with van der Waals surface area (Å²) in [7, 11) is 0. The highest BCUT2D eigenvalue weighted by Gasteiger charge is 2.43. The second kappa shape index (κ2) is 48.3. The number of hydrogen-bond donors (Lipinski definition) is 10. The number of thiophene rings is 5. The van der Waals surface area contributed by atoms with Crippen molar-refractivity contribution in [1.29, 1.82) is 0 Å². The van der Waals surface area contributed by atoms with Crippen molar-refractivity contribution in [3.8, 4) is 49.4 Å². The lowest BCUT2D eigenvalue weighted by Crippen LogP contribution is -2.59. The number of hydrogen-bond acceptors (Lipinski definition) is 32. The number of nitrogens with one attached hydrogen (secondary N) is 10. The molecule has 762 valence electrons. The third-order valence-corrected chi connectivity index (χ3v) is 38.1. The van der Waals surface area contributed by atoms with Gasteiger partial charge in [0.15, 0.2) is 5.78 Å². The van der Waals surface area contributed by atoms with Crippen LogP contribution in [0.2, 0.25) is 0 Å². The number of thiazole rings is 5. The quantitative estimate of drug-likeness (QED) is 0.0251. The number of carbonyl (C=O) groups excluding carboxylic acids is 7. The molecule has 8 aliphatic rings. The Morgan fingerprint density at radius 1 is 0.299 bits per heavy atom. The maximum Gasteiger partial charge on any atom is 0.275 e. The van der Waals surface area contributed by atoms with Gasteiger partial charge in [-0.25, -0.2) is 24.9 Å². The molecule has 10 N–H and O–H groups in total. The van der Waals surface area contributed by atoms with E-state index in [0.29, 0.717) is 56.0 Å². The number of anilines is 10.